The van der Waals surface area contributed by atoms with Crippen molar-refractivity contribution in [1.82, 2.24) is 14.8 Å². The van der Waals surface area contributed by atoms with E-state index in [-0.39, 0.29) is 24.3 Å². The minimum atomic E-state index is -0.535. The van der Waals surface area contributed by atoms with Crippen molar-refractivity contribution in [3.63, 3.8) is 0 Å². The Bertz CT molecular complexity index is 943. The Balaban J connectivity index is 1.92. The molecular formula is C19H21N3O3S. The summed E-state index contributed by atoms with van der Waals surface area (Å²) in [6, 6.07) is 5.36. The van der Waals surface area contributed by atoms with Gasteiger partial charge in [0.05, 0.1) is 22.0 Å². The summed E-state index contributed by atoms with van der Waals surface area (Å²) in [4.78, 5) is 30.0. The van der Waals surface area contributed by atoms with Gasteiger partial charge in [0.1, 0.15) is 0 Å². The Morgan fingerprint density at radius 2 is 2.04 bits per heavy atom. The lowest BCUT2D eigenvalue weighted by Crippen LogP contribution is -2.14. The molecule has 0 aliphatic rings. The summed E-state index contributed by atoms with van der Waals surface area (Å²) in [5, 5.41) is 6.81. The van der Waals surface area contributed by atoms with Gasteiger partial charge in [-0.15, -0.1) is 11.3 Å². The molecule has 26 heavy (non-hydrogen) atoms. The van der Waals surface area contributed by atoms with Crippen LogP contribution in [0.15, 0.2) is 29.8 Å². The van der Waals surface area contributed by atoms with Crippen molar-refractivity contribution in [1.29, 1.82) is 0 Å². The molecule has 0 saturated carbocycles. The van der Waals surface area contributed by atoms with Gasteiger partial charge in [-0.05, 0) is 37.3 Å². The van der Waals surface area contributed by atoms with Crippen molar-refractivity contribution in [3.8, 4) is 0 Å². The molecule has 0 fully saturated rings. The normalized spacial score (nSPS) is 11.5. The van der Waals surface area contributed by atoms with E-state index in [1.807, 2.05) is 33.1 Å². The number of hydrogen-bond donors (Lipinski definition) is 0. The number of fused-ring (bicyclic) bond motifs is 1. The predicted molar refractivity (Wildman–Crippen MR) is 101 cm³/mol. The van der Waals surface area contributed by atoms with Gasteiger partial charge < -0.3 is 4.74 Å². The number of esters is 1. The SMILES string of the molecule is CC(C)c1cc(C(=O)OCC(=O)c2cccs2)c2cnn(C(C)C)c2n1. The van der Waals surface area contributed by atoms with Crippen molar-refractivity contribution in [2.24, 2.45) is 0 Å². The van der Waals surface area contributed by atoms with Crippen LogP contribution in [0.2, 0.25) is 0 Å². The maximum Gasteiger partial charge on any atom is 0.339 e. The van der Waals surface area contributed by atoms with Gasteiger partial charge in [-0.3, -0.25) is 4.79 Å². The van der Waals surface area contributed by atoms with Crippen LogP contribution < -0.4 is 0 Å². The smallest absolute Gasteiger partial charge is 0.339 e. The average Bonchev–Trinajstić information content (AvgIpc) is 3.27. The Hall–Kier alpha value is -2.54. The van der Waals surface area contributed by atoms with Gasteiger partial charge in [0.25, 0.3) is 0 Å². The number of carbonyl (C=O) groups excluding carboxylic acids is 2. The van der Waals surface area contributed by atoms with Crippen LogP contribution in [0.1, 0.15) is 65.4 Å². The molecule has 0 N–H and O–H groups in total. The number of rotatable bonds is 6. The maximum atomic E-state index is 12.7. The molecule has 136 valence electrons. The second kappa shape index (κ2) is 7.37. The standard InChI is InChI=1S/C19H21N3O3S/c1-11(2)15-8-13(14-9-20-22(12(3)4)18(14)21-15)19(24)25-10-16(23)17-6-5-7-26-17/h5-9,11-12H,10H2,1-4H3. The number of aromatic nitrogens is 3. The molecule has 0 aliphatic heterocycles. The zero-order chi connectivity index (χ0) is 18.8. The molecule has 6 nitrogen and oxygen atoms in total. The molecule has 7 heteroatoms. The van der Waals surface area contributed by atoms with Crippen molar-refractivity contribution in [2.75, 3.05) is 6.61 Å². The molecule has 0 saturated heterocycles. The minimum absolute atomic E-state index is 0.117. The molecule has 0 spiro atoms. The Morgan fingerprint density at radius 3 is 2.65 bits per heavy atom. The van der Waals surface area contributed by atoms with Gasteiger partial charge in [-0.1, -0.05) is 19.9 Å². The third-order valence-electron chi connectivity index (χ3n) is 4.02. The number of pyridine rings is 1. The van der Waals surface area contributed by atoms with E-state index in [4.69, 9.17) is 4.74 Å². The lowest BCUT2D eigenvalue weighted by atomic mass is 10.1. The first-order valence-corrected chi connectivity index (χ1v) is 9.38. The van der Waals surface area contributed by atoms with E-state index in [0.717, 1.165) is 5.69 Å². The predicted octanol–water partition coefficient (Wildman–Crippen LogP) is 4.24. The van der Waals surface area contributed by atoms with E-state index in [0.29, 0.717) is 21.5 Å². The largest absolute Gasteiger partial charge is 0.454 e. The van der Waals surface area contributed by atoms with E-state index >= 15 is 0 Å². The fourth-order valence-corrected chi connectivity index (χ4v) is 3.25. The summed E-state index contributed by atoms with van der Waals surface area (Å²) < 4.78 is 7.07. The molecule has 3 rings (SSSR count). The van der Waals surface area contributed by atoms with Crippen LogP contribution in [-0.2, 0) is 4.74 Å². The van der Waals surface area contributed by atoms with Crippen LogP contribution in [-0.4, -0.2) is 33.1 Å². The number of carbonyl (C=O) groups is 2. The summed E-state index contributed by atoms with van der Waals surface area (Å²) in [7, 11) is 0. The molecule has 3 heterocycles. The Labute approximate surface area is 155 Å². The summed E-state index contributed by atoms with van der Waals surface area (Å²) in [6.45, 7) is 7.76. The first-order chi connectivity index (χ1) is 12.4. The minimum Gasteiger partial charge on any atom is -0.454 e. The number of nitrogens with zero attached hydrogens (tertiary/aromatic N) is 3. The van der Waals surface area contributed by atoms with Crippen molar-refractivity contribution in [2.45, 2.75) is 39.7 Å². The quantitative estimate of drug-likeness (QED) is 0.479. The van der Waals surface area contributed by atoms with E-state index in [1.54, 1.807) is 29.1 Å². The summed E-state index contributed by atoms with van der Waals surface area (Å²) in [5.41, 5.74) is 1.84. The highest BCUT2D eigenvalue weighted by Crippen LogP contribution is 2.25. The first kappa shape index (κ1) is 18.3. The van der Waals surface area contributed by atoms with Crippen LogP contribution in [0.5, 0.6) is 0 Å². The molecule has 0 amide bonds. The van der Waals surface area contributed by atoms with Crippen molar-refractivity contribution < 1.29 is 14.3 Å². The van der Waals surface area contributed by atoms with Crippen LogP contribution in [0.25, 0.3) is 11.0 Å². The molecule has 0 unspecified atom stereocenters. The Kier molecular flexibility index (Phi) is 5.18. The van der Waals surface area contributed by atoms with Crippen molar-refractivity contribution >= 4 is 34.1 Å². The van der Waals surface area contributed by atoms with Gasteiger partial charge in [-0.25, -0.2) is 14.5 Å². The number of ketones is 1. The number of ether oxygens (including phenoxy) is 1. The zero-order valence-corrected chi connectivity index (χ0v) is 16.0. The number of Topliss-reactive ketones (excluding diaryl/α,β-unsaturated/α-hetero) is 1. The molecule has 0 atom stereocenters. The highest BCUT2D eigenvalue weighted by Gasteiger charge is 2.21. The van der Waals surface area contributed by atoms with Crippen LogP contribution in [0, 0.1) is 0 Å². The second-order valence-electron chi connectivity index (χ2n) is 6.65. The molecule has 0 bridgehead atoms. The van der Waals surface area contributed by atoms with E-state index in [2.05, 4.69) is 10.1 Å². The molecule has 0 aliphatic carbocycles. The molecule has 0 aromatic carbocycles. The lowest BCUT2D eigenvalue weighted by Gasteiger charge is -2.12. The van der Waals surface area contributed by atoms with Crippen molar-refractivity contribution in [3.05, 3.63) is 45.9 Å². The van der Waals surface area contributed by atoms with E-state index in [9.17, 15) is 9.59 Å². The van der Waals surface area contributed by atoms with Crippen LogP contribution >= 0.6 is 11.3 Å². The highest BCUT2D eigenvalue weighted by molar-refractivity contribution is 7.12. The summed E-state index contributed by atoms with van der Waals surface area (Å²) >= 11 is 1.33. The second-order valence-corrected chi connectivity index (χ2v) is 7.59. The fraction of sp³-hybridized carbons (Fsp3) is 0.368. The van der Waals surface area contributed by atoms with Gasteiger partial charge in [-0.2, -0.15) is 5.10 Å². The lowest BCUT2D eigenvalue weighted by molar-refractivity contribution is 0.0477. The fourth-order valence-electron chi connectivity index (χ4n) is 2.60. The van der Waals surface area contributed by atoms with Crippen LogP contribution in [0.3, 0.4) is 0 Å². The molecular weight excluding hydrogens is 350 g/mol. The molecule has 3 aromatic heterocycles. The first-order valence-electron chi connectivity index (χ1n) is 8.50. The number of hydrogen-bond acceptors (Lipinski definition) is 6. The zero-order valence-electron chi connectivity index (χ0n) is 15.2. The summed E-state index contributed by atoms with van der Waals surface area (Å²) in [5.74, 6) is -0.595. The topological polar surface area (TPSA) is 74.1 Å². The van der Waals surface area contributed by atoms with Gasteiger partial charge in [0.15, 0.2) is 12.3 Å². The van der Waals surface area contributed by atoms with E-state index < -0.39 is 5.97 Å². The highest BCUT2D eigenvalue weighted by atomic mass is 32.1. The van der Waals surface area contributed by atoms with Gasteiger partial charge in [0, 0.05) is 11.7 Å². The maximum absolute atomic E-state index is 12.7. The van der Waals surface area contributed by atoms with E-state index in [1.165, 1.54) is 11.3 Å². The Morgan fingerprint density at radius 1 is 1.27 bits per heavy atom. The van der Waals surface area contributed by atoms with Gasteiger partial charge >= 0.3 is 5.97 Å². The monoisotopic (exact) mass is 371 g/mol. The van der Waals surface area contributed by atoms with Gasteiger partial charge in [0.2, 0.25) is 5.78 Å². The number of thiophene rings is 1. The third-order valence-corrected chi connectivity index (χ3v) is 4.93. The molecule has 0 radical (unpaired) electrons. The van der Waals surface area contributed by atoms with Crippen LogP contribution in [0.4, 0.5) is 0 Å². The molecule has 3 aromatic rings. The third kappa shape index (κ3) is 3.53. The summed E-state index contributed by atoms with van der Waals surface area (Å²) in [6.07, 6.45) is 1.63. The average molecular weight is 371 g/mol.